The summed E-state index contributed by atoms with van der Waals surface area (Å²) in [7, 11) is -2.12. The van der Waals surface area contributed by atoms with Gasteiger partial charge in [-0.05, 0) is 25.0 Å². The van der Waals surface area contributed by atoms with Crippen molar-refractivity contribution in [2.24, 2.45) is 0 Å². The quantitative estimate of drug-likeness (QED) is 0.634. The van der Waals surface area contributed by atoms with Crippen LogP contribution in [-0.4, -0.2) is 38.1 Å². The minimum Gasteiger partial charge on any atom is -0.744 e. The van der Waals surface area contributed by atoms with Gasteiger partial charge in [0.25, 0.3) is 0 Å². The molecule has 0 bridgehead atoms. The average molecular weight is 326 g/mol. The largest absolute Gasteiger partial charge is 0.744 e. The average Bonchev–Trinajstić information content (AvgIpc) is 2.90. The number of unbranched alkanes of at least 4 members (excludes halogenated alkanes) is 3. The van der Waals surface area contributed by atoms with E-state index in [2.05, 4.69) is 31.3 Å². The van der Waals surface area contributed by atoms with E-state index in [1.165, 1.54) is 56.5 Å². The van der Waals surface area contributed by atoms with Crippen LogP contribution in [0.3, 0.4) is 0 Å². The molecule has 0 fully saturated rings. The number of nitrogens with zero attached hydrogens (tertiary/aromatic N) is 1. The van der Waals surface area contributed by atoms with Gasteiger partial charge >= 0.3 is 0 Å². The van der Waals surface area contributed by atoms with Crippen molar-refractivity contribution >= 4 is 10.1 Å². The fraction of sp³-hybridized carbons (Fsp3) is 0.500. The maximum absolute atomic E-state index is 10.3. The summed E-state index contributed by atoms with van der Waals surface area (Å²) in [5.74, 6) is 0. The molecule has 1 heterocycles. The Morgan fingerprint density at radius 3 is 2.32 bits per heavy atom. The van der Waals surface area contributed by atoms with Crippen LogP contribution < -0.4 is 4.90 Å². The lowest BCUT2D eigenvalue weighted by molar-refractivity contribution is -0.848. The molecule has 0 saturated carbocycles. The molecule has 1 atom stereocenters. The Morgan fingerprint density at radius 2 is 1.86 bits per heavy atom. The van der Waals surface area contributed by atoms with Gasteiger partial charge < -0.3 is 9.45 Å². The van der Waals surface area contributed by atoms with E-state index in [4.69, 9.17) is 0 Å². The van der Waals surface area contributed by atoms with E-state index in [-0.39, 0.29) is 4.90 Å². The molecule has 1 unspecified atom stereocenters. The molecule has 1 aliphatic heterocycles. The van der Waals surface area contributed by atoms with E-state index in [1.807, 2.05) is 0 Å². The second kappa shape index (κ2) is 9.61. The third-order valence-electron chi connectivity index (χ3n) is 3.40. The second-order valence-electron chi connectivity index (χ2n) is 5.47. The summed E-state index contributed by atoms with van der Waals surface area (Å²) >= 11 is 0. The Bertz CT molecular complexity index is 544. The van der Waals surface area contributed by atoms with E-state index >= 15 is 0 Å². The molecule has 6 heteroatoms. The SMILES string of the molecule is CCCCCC[NH+]1C=CN(C)C1.O=S(=O)([O-])c1ccccc1. The van der Waals surface area contributed by atoms with Crippen molar-refractivity contribution in [3.8, 4) is 0 Å². The van der Waals surface area contributed by atoms with Gasteiger partial charge in [0, 0.05) is 7.05 Å². The van der Waals surface area contributed by atoms with Crippen LogP contribution in [0.2, 0.25) is 0 Å². The van der Waals surface area contributed by atoms with E-state index < -0.39 is 10.1 Å². The van der Waals surface area contributed by atoms with Crippen LogP contribution in [0.15, 0.2) is 47.6 Å². The summed E-state index contributed by atoms with van der Waals surface area (Å²) in [4.78, 5) is 3.67. The normalized spacial score (nSPS) is 17.2. The van der Waals surface area contributed by atoms with Crippen LogP contribution in [0.25, 0.3) is 0 Å². The van der Waals surface area contributed by atoms with Crippen molar-refractivity contribution in [2.75, 3.05) is 20.3 Å². The lowest BCUT2D eigenvalue weighted by Crippen LogP contribution is -3.07. The summed E-state index contributed by atoms with van der Waals surface area (Å²) in [5.41, 5.74) is 0. The van der Waals surface area contributed by atoms with Crippen molar-refractivity contribution in [1.82, 2.24) is 4.90 Å². The van der Waals surface area contributed by atoms with Gasteiger partial charge in [0.05, 0.1) is 17.6 Å². The summed E-state index contributed by atoms with van der Waals surface area (Å²) < 4.78 is 30.8. The van der Waals surface area contributed by atoms with Crippen molar-refractivity contribution in [3.63, 3.8) is 0 Å². The minimum atomic E-state index is -4.25. The number of hydrogen-bond acceptors (Lipinski definition) is 4. The van der Waals surface area contributed by atoms with Crippen LogP contribution in [0.4, 0.5) is 0 Å². The lowest BCUT2D eigenvalue weighted by Gasteiger charge is -2.12. The van der Waals surface area contributed by atoms with Crippen molar-refractivity contribution in [2.45, 2.75) is 37.5 Å². The highest BCUT2D eigenvalue weighted by atomic mass is 32.2. The van der Waals surface area contributed by atoms with Gasteiger partial charge in [0.15, 0.2) is 6.67 Å². The molecule has 1 aromatic rings. The molecule has 5 nitrogen and oxygen atoms in total. The van der Waals surface area contributed by atoms with Crippen LogP contribution in [0.5, 0.6) is 0 Å². The summed E-state index contributed by atoms with van der Waals surface area (Å²) in [6.07, 6.45) is 9.96. The molecule has 22 heavy (non-hydrogen) atoms. The third kappa shape index (κ3) is 7.59. The predicted molar refractivity (Wildman–Crippen MR) is 86.1 cm³/mol. The van der Waals surface area contributed by atoms with Crippen LogP contribution in [-0.2, 0) is 10.1 Å². The molecule has 0 spiro atoms. The molecule has 2 rings (SSSR count). The molecule has 0 saturated heterocycles. The number of benzene rings is 1. The molecule has 1 aliphatic rings. The molecule has 124 valence electrons. The smallest absolute Gasteiger partial charge is 0.156 e. The molecule has 1 aromatic carbocycles. The summed E-state index contributed by atoms with van der Waals surface area (Å²) in [6, 6.07) is 7.19. The fourth-order valence-corrected chi connectivity index (χ4v) is 2.68. The number of quaternary nitrogens is 1. The van der Waals surface area contributed by atoms with Gasteiger partial charge in [-0.2, -0.15) is 0 Å². The molecule has 1 N–H and O–H groups in total. The van der Waals surface area contributed by atoms with Crippen LogP contribution in [0, 0.1) is 0 Å². The predicted octanol–water partition coefficient (Wildman–Crippen LogP) is 1.42. The van der Waals surface area contributed by atoms with E-state index in [9.17, 15) is 13.0 Å². The number of hydrogen-bond donors (Lipinski definition) is 1. The molecule has 0 aromatic heterocycles. The Balaban J connectivity index is 0.000000224. The molecular weight excluding hydrogens is 300 g/mol. The summed E-state index contributed by atoms with van der Waals surface area (Å²) in [5, 5.41) is 0. The van der Waals surface area contributed by atoms with Crippen molar-refractivity contribution < 1.29 is 17.9 Å². The monoisotopic (exact) mass is 326 g/mol. The van der Waals surface area contributed by atoms with Crippen molar-refractivity contribution in [1.29, 1.82) is 0 Å². The first-order chi connectivity index (χ1) is 10.4. The van der Waals surface area contributed by atoms with E-state index in [1.54, 1.807) is 11.0 Å². The Kier molecular flexibility index (Phi) is 8.16. The highest BCUT2D eigenvalue weighted by Crippen LogP contribution is 2.05. The highest BCUT2D eigenvalue weighted by Gasteiger charge is 2.11. The first kappa shape index (κ1) is 18.7. The van der Waals surface area contributed by atoms with Crippen molar-refractivity contribution in [3.05, 3.63) is 42.7 Å². The molecule has 0 radical (unpaired) electrons. The minimum absolute atomic E-state index is 0.185. The molecule has 0 amide bonds. The number of nitrogens with one attached hydrogen (secondary N) is 1. The first-order valence-corrected chi connectivity index (χ1v) is 9.08. The maximum atomic E-state index is 10.3. The zero-order valence-electron chi connectivity index (χ0n) is 13.4. The van der Waals surface area contributed by atoms with Gasteiger partial charge in [0.2, 0.25) is 0 Å². The third-order valence-corrected chi connectivity index (χ3v) is 4.25. The Labute approximate surface area is 134 Å². The van der Waals surface area contributed by atoms with Gasteiger partial charge in [-0.25, -0.2) is 8.42 Å². The van der Waals surface area contributed by atoms with Gasteiger partial charge in [-0.15, -0.1) is 0 Å². The lowest BCUT2D eigenvalue weighted by atomic mass is 10.2. The molecule has 0 aliphatic carbocycles. The topological polar surface area (TPSA) is 64.9 Å². The van der Waals surface area contributed by atoms with Crippen LogP contribution >= 0.6 is 0 Å². The Hall–Kier alpha value is -1.37. The van der Waals surface area contributed by atoms with Crippen LogP contribution in [0.1, 0.15) is 32.6 Å². The Morgan fingerprint density at radius 1 is 1.18 bits per heavy atom. The van der Waals surface area contributed by atoms with E-state index in [0.717, 1.165) is 6.67 Å². The first-order valence-electron chi connectivity index (χ1n) is 7.67. The van der Waals surface area contributed by atoms with Gasteiger partial charge in [0.1, 0.15) is 16.3 Å². The maximum Gasteiger partial charge on any atom is 0.156 e. The zero-order chi connectivity index (χ0) is 16.4. The highest BCUT2D eigenvalue weighted by molar-refractivity contribution is 7.85. The van der Waals surface area contributed by atoms with Gasteiger partial charge in [-0.1, -0.05) is 38.0 Å². The van der Waals surface area contributed by atoms with Gasteiger partial charge in [-0.3, -0.25) is 4.90 Å². The standard InChI is InChI=1S/C10H20N2.C6H6O3S/c1-3-4-5-6-7-12-9-8-11(2)10-12;7-10(8,9)6-4-2-1-3-5-6/h8-9H,3-7,10H2,1-2H3;1-5H,(H,7,8,9). The van der Waals surface area contributed by atoms with E-state index in [0.29, 0.717) is 0 Å². The second-order valence-corrected chi connectivity index (χ2v) is 6.85. The zero-order valence-corrected chi connectivity index (χ0v) is 14.2. The fourth-order valence-electron chi connectivity index (χ4n) is 2.19. The number of rotatable bonds is 6. The molecular formula is C16H26N2O3S. The summed E-state index contributed by atoms with van der Waals surface area (Å²) in [6.45, 7) is 4.73.